The molecule has 34 heavy (non-hydrogen) atoms. The number of hydrogen-bond donors (Lipinski definition) is 0. The van der Waals surface area contributed by atoms with E-state index in [0.717, 1.165) is 56.9 Å². The molecule has 1 aromatic heterocycles. The van der Waals surface area contributed by atoms with E-state index < -0.39 is 0 Å². The SMILES string of the molecule is O=C1C2CCCCC2C(=O)N1CCC(=O)N(Cc1nnc(-c2ccc(Cl)cc2)o1)C1CCCC1. The maximum Gasteiger partial charge on any atom is 0.247 e. The van der Waals surface area contributed by atoms with Gasteiger partial charge in [-0.3, -0.25) is 19.3 Å². The first-order valence-electron chi connectivity index (χ1n) is 12.2. The zero-order valence-electron chi connectivity index (χ0n) is 19.1. The molecule has 3 aliphatic rings. The van der Waals surface area contributed by atoms with E-state index in [9.17, 15) is 14.4 Å². The summed E-state index contributed by atoms with van der Waals surface area (Å²) >= 11 is 5.95. The maximum absolute atomic E-state index is 13.3. The molecule has 2 atom stereocenters. The fraction of sp³-hybridized carbons (Fsp3) is 0.560. The number of halogens is 1. The van der Waals surface area contributed by atoms with Gasteiger partial charge in [0.05, 0.1) is 18.4 Å². The highest BCUT2D eigenvalue weighted by molar-refractivity contribution is 6.30. The van der Waals surface area contributed by atoms with Gasteiger partial charge < -0.3 is 9.32 Å². The highest BCUT2D eigenvalue weighted by Gasteiger charge is 2.48. The molecule has 2 heterocycles. The van der Waals surface area contributed by atoms with E-state index in [0.29, 0.717) is 16.8 Å². The van der Waals surface area contributed by atoms with E-state index >= 15 is 0 Å². The lowest BCUT2D eigenvalue weighted by atomic mass is 9.81. The van der Waals surface area contributed by atoms with Crippen LogP contribution in [0.25, 0.3) is 11.5 Å². The summed E-state index contributed by atoms with van der Waals surface area (Å²) in [6, 6.07) is 7.23. The van der Waals surface area contributed by atoms with E-state index in [1.54, 1.807) is 29.2 Å². The first kappa shape index (κ1) is 23.0. The average Bonchev–Trinajstić information content (AvgIpc) is 3.59. The van der Waals surface area contributed by atoms with Crippen LogP contribution in [-0.2, 0) is 20.9 Å². The Balaban J connectivity index is 1.26. The van der Waals surface area contributed by atoms with Crippen LogP contribution < -0.4 is 0 Å². The standard InChI is InChI=1S/C25H29ClN4O4/c26-17-11-9-16(10-12-17)23-28-27-21(34-23)15-30(18-5-1-2-6-18)22(31)13-14-29-24(32)19-7-3-4-8-20(19)25(29)33/h9-12,18-20H,1-8,13-15H2. The van der Waals surface area contributed by atoms with Gasteiger partial charge in [0.1, 0.15) is 0 Å². The summed E-state index contributed by atoms with van der Waals surface area (Å²) in [4.78, 5) is 42.0. The Labute approximate surface area is 203 Å². The van der Waals surface area contributed by atoms with E-state index in [4.69, 9.17) is 16.0 Å². The molecule has 0 bridgehead atoms. The summed E-state index contributed by atoms with van der Waals surface area (Å²) in [5, 5.41) is 8.91. The molecule has 0 spiro atoms. The summed E-state index contributed by atoms with van der Waals surface area (Å²) in [5.74, 6) is 0.0808. The molecule has 180 valence electrons. The second kappa shape index (κ2) is 9.86. The predicted octanol–water partition coefficient (Wildman–Crippen LogP) is 4.23. The molecule has 2 unspecified atom stereocenters. The molecule has 9 heteroatoms. The van der Waals surface area contributed by atoms with Crippen molar-refractivity contribution < 1.29 is 18.8 Å². The Bertz CT molecular complexity index is 1040. The lowest BCUT2D eigenvalue weighted by Gasteiger charge is -2.28. The molecule has 0 N–H and O–H groups in total. The molecule has 8 nitrogen and oxygen atoms in total. The summed E-state index contributed by atoms with van der Waals surface area (Å²) in [7, 11) is 0. The number of benzene rings is 1. The Kier molecular flexibility index (Phi) is 6.68. The third-order valence-electron chi connectivity index (χ3n) is 7.43. The molecule has 3 amide bonds. The van der Waals surface area contributed by atoms with Crippen LogP contribution in [0.3, 0.4) is 0 Å². The van der Waals surface area contributed by atoms with Crippen LogP contribution in [0.4, 0.5) is 0 Å². The minimum atomic E-state index is -0.188. The van der Waals surface area contributed by atoms with Crippen LogP contribution in [-0.4, -0.2) is 50.3 Å². The van der Waals surface area contributed by atoms with Crippen LogP contribution in [0.1, 0.15) is 63.7 Å². The van der Waals surface area contributed by atoms with Crippen LogP contribution in [0, 0.1) is 11.8 Å². The first-order chi connectivity index (χ1) is 16.5. The number of aromatic nitrogens is 2. The number of amides is 3. The molecule has 2 saturated carbocycles. The number of carbonyl (C=O) groups excluding carboxylic acids is 3. The van der Waals surface area contributed by atoms with E-state index in [1.807, 2.05) is 0 Å². The number of hydrogen-bond acceptors (Lipinski definition) is 6. The van der Waals surface area contributed by atoms with Crippen LogP contribution in [0.5, 0.6) is 0 Å². The fourth-order valence-electron chi connectivity index (χ4n) is 5.61. The van der Waals surface area contributed by atoms with Gasteiger partial charge in [-0.1, -0.05) is 37.3 Å². The number of fused-ring (bicyclic) bond motifs is 1. The molecular weight excluding hydrogens is 456 g/mol. The van der Waals surface area contributed by atoms with Gasteiger partial charge in [0.15, 0.2) is 0 Å². The highest BCUT2D eigenvalue weighted by atomic mass is 35.5. The third-order valence-corrected chi connectivity index (χ3v) is 7.68. The van der Waals surface area contributed by atoms with Crippen molar-refractivity contribution in [1.82, 2.24) is 20.0 Å². The summed E-state index contributed by atoms with van der Waals surface area (Å²) < 4.78 is 5.85. The van der Waals surface area contributed by atoms with Gasteiger partial charge in [-0.2, -0.15) is 0 Å². The zero-order valence-corrected chi connectivity index (χ0v) is 19.9. The fourth-order valence-corrected chi connectivity index (χ4v) is 5.74. The largest absolute Gasteiger partial charge is 0.419 e. The molecule has 0 radical (unpaired) electrons. The summed E-state index contributed by atoms with van der Waals surface area (Å²) in [5.41, 5.74) is 0.759. The lowest BCUT2D eigenvalue weighted by molar-refractivity contribution is -0.141. The third kappa shape index (κ3) is 4.60. The molecule has 2 aliphatic carbocycles. The monoisotopic (exact) mass is 484 g/mol. The molecule has 3 fully saturated rings. The Morgan fingerprint density at radius 3 is 2.24 bits per heavy atom. The molecule has 1 saturated heterocycles. The van der Waals surface area contributed by atoms with Gasteiger partial charge >= 0.3 is 0 Å². The molecule has 1 aromatic carbocycles. The molecular formula is C25H29ClN4O4. The van der Waals surface area contributed by atoms with Crippen molar-refractivity contribution in [2.24, 2.45) is 11.8 Å². The van der Waals surface area contributed by atoms with Crippen molar-refractivity contribution in [3.63, 3.8) is 0 Å². The number of nitrogens with zero attached hydrogens (tertiary/aromatic N) is 4. The number of rotatable bonds is 7. The van der Waals surface area contributed by atoms with Gasteiger partial charge in [0.2, 0.25) is 29.5 Å². The van der Waals surface area contributed by atoms with Crippen LogP contribution in [0.2, 0.25) is 5.02 Å². The van der Waals surface area contributed by atoms with Crippen molar-refractivity contribution >= 4 is 29.3 Å². The topological polar surface area (TPSA) is 96.6 Å². The second-order valence-electron chi connectivity index (χ2n) is 9.54. The smallest absolute Gasteiger partial charge is 0.247 e. The zero-order chi connectivity index (χ0) is 23.7. The van der Waals surface area contributed by atoms with Gasteiger partial charge in [0.25, 0.3) is 0 Å². The number of imide groups is 1. The van der Waals surface area contributed by atoms with Crippen molar-refractivity contribution in [2.45, 2.75) is 70.4 Å². The van der Waals surface area contributed by atoms with Gasteiger partial charge in [-0.15, -0.1) is 10.2 Å². The lowest BCUT2D eigenvalue weighted by Crippen LogP contribution is -2.41. The van der Waals surface area contributed by atoms with Gasteiger partial charge in [-0.25, -0.2) is 0 Å². The normalized spacial score (nSPS) is 22.9. The molecule has 5 rings (SSSR count). The van der Waals surface area contributed by atoms with Gasteiger partial charge in [-0.05, 0) is 49.9 Å². The van der Waals surface area contributed by atoms with Crippen molar-refractivity contribution in [1.29, 1.82) is 0 Å². The summed E-state index contributed by atoms with van der Waals surface area (Å²) in [6.45, 7) is 0.365. The van der Waals surface area contributed by atoms with E-state index in [2.05, 4.69) is 10.2 Å². The number of carbonyl (C=O) groups is 3. The predicted molar refractivity (Wildman–Crippen MR) is 124 cm³/mol. The Morgan fingerprint density at radius 1 is 0.971 bits per heavy atom. The Hall–Kier alpha value is -2.74. The van der Waals surface area contributed by atoms with Crippen LogP contribution in [0.15, 0.2) is 28.7 Å². The summed E-state index contributed by atoms with van der Waals surface area (Å²) in [6.07, 6.45) is 7.65. The van der Waals surface area contributed by atoms with Crippen LogP contribution >= 0.6 is 11.6 Å². The Morgan fingerprint density at radius 2 is 1.59 bits per heavy atom. The molecule has 2 aromatic rings. The first-order valence-corrected chi connectivity index (χ1v) is 12.6. The van der Waals surface area contributed by atoms with Crippen molar-refractivity contribution in [2.75, 3.05) is 6.54 Å². The second-order valence-corrected chi connectivity index (χ2v) is 9.98. The average molecular weight is 485 g/mol. The quantitative estimate of drug-likeness (QED) is 0.546. The van der Waals surface area contributed by atoms with E-state index in [1.165, 1.54) is 4.90 Å². The minimum Gasteiger partial charge on any atom is -0.419 e. The van der Waals surface area contributed by atoms with Gasteiger partial charge in [0, 0.05) is 29.6 Å². The maximum atomic E-state index is 13.3. The number of likely N-dealkylation sites (tertiary alicyclic amines) is 1. The molecule has 1 aliphatic heterocycles. The van der Waals surface area contributed by atoms with Crippen molar-refractivity contribution in [3.05, 3.63) is 35.2 Å². The van der Waals surface area contributed by atoms with Crippen molar-refractivity contribution in [3.8, 4) is 11.5 Å². The highest BCUT2D eigenvalue weighted by Crippen LogP contribution is 2.38. The minimum absolute atomic E-state index is 0.0892. The van der Waals surface area contributed by atoms with E-state index in [-0.39, 0.29) is 55.1 Å².